The fourth-order valence-corrected chi connectivity index (χ4v) is 1.79. The van der Waals surface area contributed by atoms with Crippen LogP contribution in [0.25, 0.3) is 0 Å². The molecule has 0 aromatic rings. The van der Waals surface area contributed by atoms with Gasteiger partial charge < -0.3 is 16.0 Å². The number of rotatable bonds is 7. The zero-order chi connectivity index (χ0) is 13.6. The van der Waals surface area contributed by atoms with Crippen molar-refractivity contribution in [3.05, 3.63) is 0 Å². The average Bonchev–Trinajstić information content (AvgIpc) is 2.13. The van der Waals surface area contributed by atoms with Crippen LogP contribution in [0.15, 0.2) is 0 Å². The van der Waals surface area contributed by atoms with E-state index in [0.29, 0.717) is 5.92 Å². The van der Waals surface area contributed by atoms with E-state index in [4.69, 9.17) is 5.73 Å². The van der Waals surface area contributed by atoms with Crippen molar-refractivity contribution in [1.29, 1.82) is 0 Å². The molecule has 18 heavy (non-hydrogen) atoms. The van der Waals surface area contributed by atoms with E-state index in [1.54, 1.807) is 0 Å². The fraction of sp³-hybridized carbons (Fsp3) is 0.923. The lowest BCUT2D eigenvalue weighted by Gasteiger charge is -2.26. The zero-order valence-electron chi connectivity index (χ0n) is 12.6. The average molecular weight is 280 g/mol. The molecule has 1 unspecified atom stereocenters. The van der Waals surface area contributed by atoms with E-state index in [0.717, 1.165) is 13.0 Å². The van der Waals surface area contributed by atoms with E-state index in [1.807, 2.05) is 27.9 Å². The molecule has 0 aliphatic carbocycles. The first-order chi connectivity index (χ1) is 7.73. The molecular weight excluding hydrogens is 250 g/mol. The Labute approximate surface area is 118 Å². The lowest BCUT2D eigenvalue weighted by atomic mass is 10.0. The molecule has 0 aromatic heterocycles. The van der Waals surface area contributed by atoms with Gasteiger partial charge in [0.2, 0.25) is 5.91 Å². The second-order valence-corrected chi connectivity index (χ2v) is 5.87. The summed E-state index contributed by atoms with van der Waals surface area (Å²) >= 11 is 0. The molecule has 0 fully saturated rings. The maximum Gasteiger partial charge on any atom is 0.237 e. The van der Waals surface area contributed by atoms with Crippen LogP contribution in [0.3, 0.4) is 0 Å². The molecule has 0 heterocycles. The Morgan fingerprint density at radius 2 is 1.72 bits per heavy atom. The Bertz CT molecular complexity index is 222. The predicted molar refractivity (Wildman–Crippen MR) is 80.0 cm³/mol. The highest BCUT2D eigenvalue weighted by atomic mass is 35.5. The summed E-state index contributed by atoms with van der Waals surface area (Å²) in [7, 11) is 4.03. The molecule has 110 valence electrons. The number of nitrogens with one attached hydrogen (secondary N) is 1. The third-order valence-corrected chi connectivity index (χ3v) is 2.71. The monoisotopic (exact) mass is 279 g/mol. The largest absolute Gasteiger partial charge is 0.351 e. The Balaban J connectivity index is 0. The smallest absolute Gasteiger partial charge is 0.237 e. The van der Waals surface area contributed by atoms with Crippen molar-refractivity contribution in [2.24, 2.45) is 17.6 Å². The standard InChI is InChI=1S/C13H29N3O.ClH/c1-9(2)7-11(8-16(5)6)15-13(17)12(14)10(3)4;/h9-12H,7-8,14H2,1-6H3,(H,15,17);1H/t11?,12-;/m0./s1. The number of carbonyl (C=O) groups is 1. The highest BCUT2D eigenvalue weighted by Gasteiger charge is 2.21. The van der Waals surface area contributed by atoms with Crippen LogP contribution in [0, 0.1) is 11.8 Å². The zero-order valence-corrected chi connectivity index (χ0v) is 13.4. The van der Waals surface area contributed by atoms with Crippen molar-refractivity contribution in [3.8, 4) is 0 Å². The quantitative estimate of drug-likeness (QED) is 0.742. The molecule has 0 bridgehead atoms. The number of amides is 1. The van der Waals surface area contributed by atoms with E-state index in [1.165, 1.54) is 0 Å². The van der Waals surface area contributed by atoms with Crippen LogP contribution in [0.1, 0.15) is 34.1 Å². The summed E-state index contributed by atoms with van der Waals surface area (Å²) in [6.07, 6.45) is 0.981. The maximum absolute atomic E-state index is 11.9. The van der Waals surface area contributed by atoms with Crippen LogP contribution in [0.5, 0.6) is 0 Å². The van der Waals surface area contributed by atoms with Crippen molar-refractivity contribution < 1.29 is 4.79 Å². The molecule has 3 N–H and O–H groups in total. The molecular formula is C13H30ClN3O. The number of hydrogen-bond acceptors (Lipinski definition) is 3. The van der Waals surface area contributed by atoms with E-state index >= 15 is 0 Å². The van der Waals surface area contributed by atoms with Crippen LogP contribution < -0.4 is 11.1 Å². The third kappa shape index (κ3) is 8.72. The highest BCUT2D eigenvalue weighted by molar-refractivity contribution is 5.85. The minimum Gasteiger partial charge on any atom is -0.351 e. The summed E-state index contributed by atoms with van der Waals surface area (Å²) in [4.78, 5) is 14.0. The number of nitrogens with two attached hydrogens (primary N) is 1. The summed E-state index contributed by atoms with van der Waals surface area (Å²) in [5, 5.41) is 3.06. The van der Waals surface area contributed by atoms with Crippen molar-refractivity contribution >= 4 is 18.3 Å². The van der Waals surface area contributed by atoms with Gasteiger partial charge in [0.05, 0.1) is 6.04 Å². The molecule has 4 nitrogen and oxygen atoms in total. The summed E-state index contributed by atoms with van der Waals surface area (Å²) in [5.41, 5.74) is 5.84. The second kappa shape index (κ2) is 9.59. The molecule has 2 atom stereocenters. The minimum atomic E-state index is -0.410. The van der Waals surface area contributed by atoms with Crippen LogP contribution in [-0.4, -0.2) is 43.5 Å². The Kier molecular flexibility index (Phi) is 10.7. The van der Waals surface area contributed by atoms with Gasteiger partial charge in [-0.3, -0.25) is 4.79 Å². The van der Waals surface area contributed by atoms with Crippen molar-refractivity contribution in [2.45, 2.75) is 46.2 Å². The van der Waals surface area contributed by atoms with Crippen LogP contribution in [-0.2, 0) is 4.79 Å². The topological polar surface area (TPSA) is 58.4 Å². The Morgan fingerprint density at radius 3 is 2.06 bits per heavy atom. The van der Waals surface area contributed by atoms with Crippen molar-refractivity contribution in [3.63, 3.8) is 0 Å². The van der Waals surface area contributed by atoms with Gasteiger partial charge in [0.25, 0.3) is 0 Å². The van der Waals surface area contributed by atoms with Gasteiger partial charge in [-0.2, -0.15) is 0 Å². The summed E-state index contributed by atoms with van der Waals surface area (Å²) in [6.45, 7) is 9.12. The van der Waals surface area contributed by atoms with Gasteiger partial charge in [0, 0.05) is 12.6 Å². The number of nitrogens with zero attached hydrogens (tertiary/aromatic N) is 1. The lowest BCUT2D eigenvalue weighted by molar-refractivity contribution is -0.124. The fourth-order valence-electron chi connectivity index (χ4n) is 1.79. The molecule has 0 saturated carbocycles. The van der Waals surface area contributed by atoms with Gasteiger partial charge in [-0.25, -0.2) is 0 Å². The van der Waals surface area contributed by atoms with E-state index in [9.17, 15) is 4.79 Å². The molecule has 5 heteroatoms. The van der Waals surface area contributed by atoms with E-state index < -0.39 is 6.04 Å². The highest BCUT2D eigenvalue weighted by Crippen LogP contribution is 2.07. The van der Waals surface area contributed by atoms with Gasteiger partial charge in [0.15, 0.2) is 0 Å². The van der Waals surface area contributed by atoms with Crippen molar-refractivity contribution in [2.75, 3.05) is 20.6 Å². The Morgan fingerprint density at radius 1 is 1.22 bits per heavy atom. The minimum absolute atomic E-state index is 0. The normalized spacial score (nSPS) is 14.6. The number of carbonyl (C=O) groups excluding carboxylic acids is 1. The number of hydrogen-bond donors (Lipinski definition) is 2. The van der Waals surface area contributed by atoms with Crippen LogP contribution in [0.4, 0.5) is 0 Å². The molecule has 0 rings (SSSR count). The van der Waals surface area contributed by atoms with Crippen molar-refractivity contribution in [1.82, 2.24) is 10.2 Å². The third-order valence-electron chi connectivity index (χ3n) is 2.71. The van der Waals surface area contributed by atoms with Gasteiger partial charge in [-0.15, -0.1) is 12.4 Å². The predicted octanol–water partition coefficient (Wildman–Crippen LogP) is 1.48. The molecule has 0 radical (unpaired) electrons. The van der Waals surface area contributed by atoms with Gasteiger partial charge >= 0.3 is 0 Å². The number of halogens is 1. The molecule has 0 spiro atoms. The number of likely N-dealkylation sites (N-methyl/N-ethyl adjacent to an activating group) is 1. The Hall–Kier alpha value is -0.320. The summed E-state index contributed by atoms with van der Waals surface area (Å²) in [6, 6.07) is -0.228. The molecule has 0 aliphatic heterocycles. The van der Waals surface area contributed by atoms with Crippen LogP contribution in [0.2, 0.25) is 0 Å². The SMILES string of the molecule is CC(C)CC(CN(C)C)NC(=O)[C@@H](N)C(C)C.Cl. The molecule has 0 saturated heterocycles. The maximum atomic E-state index is 11.9. The first kappa shape index (κ1) is 20.0. The lowest BCUT2D eigenvalue weighted by Crippen LogP contribution is -2.50. The van der Waals surface area contributed by atoms with E-state index in [2.05, 4.69) is 24.1 Å². The van der Waals surface area contributed by atoms with Gasteiger partial charge in [-0.1, -0.05) is 27.7 Å². The summed E-state index contributed by atoms with van der Waals surface area (Å²) < 4.78 is 0. The van der Waals surface area contributed by atoms with Gasteiger partial charge in [0.1, 0.15) is 0 Å². The summed E-state index contributed by atoms with van der Waals surface area (Å²) in [5.74, 6) is 0.706. The first-order valence-electron chi connectivity index (χ1n) is 6.44. The molecule has 0 aliphatic rings. The molecule has 0 aromatic carbocycles. The molecule has 1 amide bonds. The van der Waals surface area contributed by atoms with E-state index in [-0.39, 0.29) is 30.3 Å². The first-order valence-corrected chi connectivity index (χ1v) is 6.44. The van der Waals surface area contributed by atoms with Crippen LogP contribution >= 0.6 is 12.4 Å². The second-order valence-electron chi connectivity index (χ2n) is 5.87. The van der Waals surface area contributed by atoms with Gasteiger partial charge in [-0.05, 0) is 32.4 Å².